The Kier molecular flexibility index (Phi) is 4.77. The Morgan fingerprint density at radius 1 is 1.37 bits per heavy atom. The Morgan fingerprint density at radius 3 is 2.63 bits per heavy atom. The van der Waals surface area contributed by atoms with Gasteiger partial charge in [-0.2, -0.15) is 0 Å². The molecular formula is C15H22N2O2. The SMILES string of the molecule is CCOC(=O)c1ccc(N2CCC(CC)CC2)nc1. The average Bonchev–Trinajstić information content (AvgIpc) is 2.48. The van der Waals surface area contributed by atoms with E-state index in [2.05, 4.69) is 16.8 Å². The van der Waals surface area contributed by atoms with Crippen LogP contribution in [-0.2, 0) is 4.74 Å². The van der Waals surface area contributed by atoms with E-state index in [1.165, 1.54) is 19.3 Å². The van der Waals surface area contributed by atoms with E-state index in [9.17, 15) is 4.79 Å². The largest absolute Gasteiger partial charge is 0.462 e. The van der Waals surface area contributed by atoms with E-state index in [-0.39, 0.29) is 5.97 Å². The molecule has 0 N–H and O–H groups in total. The minimum Gasteiger partial charge on any atom is -0.462 e. The number of carbonyl (C=O) groups excluding carboxylic acids is 1. The number of aromatic nitrogens is 1. The number of ether oxygens (including phenoxy) is 1. The van der Waals surface area contributed by atoms with Crippen molar-refractivity contribution in [2.24, 2.45) is 5.92 Å². The quantitative estimate of drug-likeness (QED) is 0.782. The van der Waals surface area contributed by atoms with Crippen LogP contribution in [0.15, 0.2) is 18.3 Å². The third kappa shape index (κ3) is 3.46. The predicted molar refractivity (Wildman–Crippen MR) is 75.4 cm³/mol. The third-order valence-corrected chi connectivity index (χ3v) is 3.77. The van der Waals surface area contributed by atoms with Crippen molar-refractivity contribution in [3.8, 4) is 0 Å². The van der Waals surface area contributed by atoms with Gasteiger partial charge in [0.15, 0.2) is 0 Å². The molecule has 4 nitrogen and oxygen atoms in total. The van der Waals surface area contributed by atoms with Gasteiger partial charge >= 0.3 is 5.97 Å². The maximum atomic E-state index is 11.5. The van der Waals surface area contributed by atoms with Gasteiger partial charge in [-0.25, -0.2) is 9.78 Å². The Morgan fingerprint density at radius 2 is 2.11 bits per heavy atom. The fraction of sp³-hybridized carbons (Fsp3) is 0.600. The zero-order chi connectivity index (χ0) is 13.7. The maximum Gasteiger partial charge on any atom is 0.339 e. The predicted octanol–water partition coefficient (Wildman–Crippen LogP) is 2.88. The summed E-state index contributed by atoms with van der Waals surface area (Å²) < 4.78 is 4.95. The lowest BCUT2D eigenvalue weighted by molar-refractivity contribution is 0.0526. The number of hydrogen-bond donors (Lipinski definition) is 0. The van der Waals surface area contributed by atoms with Crippen molar-refractivity contribution in [3.63, 3.8) is 0 Å². The summed E-state index contributed by atoms with van der Waals surface area (Å²) in [4.78, 5) is 18.2. The number of piperidine rings is 1. The van der Waals surface area contributed by atoms with Gasteiger partial charge in [0.05, 0.1) is 12.2 Å². The van der Waals surface area contributed by atoms with Crippen molar-refractivity contribution in [1.82, 2.24) is 4.98 Å². The Balaban J connectivity index is 1.97. The highest BCUT2D eigenvalue weighted by Gasteiger charge is 2.19. The van der Waals surface area contributed by atoms with E-state index in [4.69, 9.17) is 4.74 Å². The minimum atomic E-state index is -0.300. The highest BCUT2D eigenvalue weighted by atomic mass is 16.5. The van der Waals surface area contributed by atoms with E-state index in [1.807, 2.05) is 6.07 Å². The summed E-state index contributed by atoms with van der Waals surface area (Å²) in [6.07, 6.45) is 5.35. The zero-order valence-corrected chi connectivity index (χ0v) is 11.8. The average molecular weight is 262 g/mol. The molecule has 104 valence electrons. The molecule has 1 saturated heterocycles. The topological polar surface area (TPSA) is 42.4 Å². The standard InChI is InChI=1S/C15H22N2O2/c1-3-12-7-9-17(10-8-12)14-6-5-13(11-16-14)15(18)19-4-2/h5-6,11-12H,3-4,7-10H2,1-2H3. The molecule has 1 fully saturated rings. The molecule has 1 aromatic heterocycles. The van der Waals surface area contributed by atoms with Gasteiger partial charge in [0.2, 0.25) is 0 Å². The summed E-state index contributed by atoms with van der Waals surface area (Å²) in [6, 6.07) is 3.71. The van der Waals surface area contributed by atoms with Crippen LogP contribution in [0.4, 0.5) is 5.82 Å². The summed E-state index contributed by atoms with van der Waals surface area (Å²) in [5.74, 6) is 1.52. The molecule has 1 aromatic rings. The van der Waals surface area contributed by atoms with E-state index in [1.54, 1.807) is 19.2 Å². The highest BCUT2D eigenvalue weighted by Crippen LogP contribution is 2.23. The highest BCUT2D eigenvalue weighted by molar-refractivity contribution is 5.89. The van der Waals surface area contributed by atoms with Gasteiger partial charge < -0.3 is 9.64 Å². The zero-order valence-electron chi connectivity index (χ0n) is 11.8. The maximum absolute atomic E-state index is 11.5. The molecule has 19 heavy (non-hydrogen) atoms. The summed E-state index contributed by atoms with van der Waals surface area (Å²) in [7, 11) is 0. The number of rotatable bonds is 4. The minimum absolute atomic E-state index is 0.300. The molecule has 1 aliphatic heterocycles. The van der Waals surface area contributed by atoms with Crippen LogP contribution in [0, 0.1) is 5.92 Å². The van der Waals surface area contributed by atoms with Gasteiger partial charge in [-0.1, -0.05) is 13.3 Å². The smallest absolute Gasteiger partial charge is 0.339 e. The first-order valence-electron chi connectivity index (χ1n) is 7.12. The lowest BCUT2D eigenvalue weighted by Gasteiger charge is -2.32. The molecule has 2 heterocycles. The summed E-state index contributed by atoms with van der Waals surface area (Å²) in [5, 5.41) is 0. The second-order valence-corrected chi connectivity index (χ2v) is 4.96. The van der Waals surface area contributed by atoms with Crippen LogP contribution >= 0.6 is 0 Å². The van der Waals surface area contributed by atoms with Gasteiger partial charge in [0.25, 0.3) is 0 Å². The van der Waals surface area contributed by atoms with Crippen LogP contribution in [0.5, 0.6) is 0 Å². The van der Waals surface area contributed by atoms with Crippen LogP contribution in [-0.4, -0.2) is 30.6 Å². The first kappa shape index (κ1) is 13.8. The molecule has 0 amide bonds. The summed E-state index contributed by atoms with van der Waals surface area (Å²) >= 11 is 0. The van der Waals surface area contributed by atoms with Crippen molar-refractivity contribution in [1.29, 1.82) is 0 Å². The summed E-state index contributed by atoms with van der Waals surface area (Å²) in [5.41, 5.74) is 0.522. The van der Waals surface area contributed by atoms with Gasteiger partial charge in [0.1, 0.15) is 5.82 Å². The second-order valence-electron chi connectivity index (χ2n) is 4.96. The first-order valence-corrected chi connectivity index (χ1v) is 7.12. The molecule has 0 radical (unpaired) electrons. The van der Waals surface area contributed by atoms with Crippen LogP contribution in [0.25, 0.3) is 0 Å². The van der Waals surface area contributed by atoms with Crippen LogP contribution in [0.1, 0.15) is 43.5 Å². The Labute approximate surface area is 114 Å². The number of hydrogen-bond acceptors (Lipinski definition) is 4. The third-order valence-electron chi connectivity index (χ3n) is 3.77. The molecular weight excluding hydrogens is 240 g/mol. The van der Waals surface area contributed by atoms with Gasteiger partial charge in [-0.15, -0.1) is 0 Å². The van der Waals surface area contributed by atoms with E-state index in [0.717, 1.165) is 24.8 Å². The van der Waals surface area contributed by atoms with Crippen molar-refractivity contribution >= 4 is 11.8 Å². The van der Waals surface area contributed by atoms with Gasteiger partial charge in [-0.3, -0.25) is 0 Å². The normalized spacial score (nSPS) is 16.4. The number of pyridine rings is 1. The fourth-order valence-electron chi connectivity index (χ4n) is 2.48. The number of anilines is 1. The monoisotopic (exact) mass is 262 g/mol. The van der Waals surface area contributed by atoms with E-state index in [0.29, 0.717) is 12.2 Å². The number of carbonyl (C=O) groups is 1. The molecule has 0 saturated carbocycles. The van der Waals surface area contributed by atoms with E-state index < -0.39 is 0 Å². The molecule has 0 spiro atoms. The molecule has 1 aliphatic rings. The van der Waals surface area contributed by atoms with Crippen LogP contribution in [0.2, 0.25) is 0 Å². The van der Waals surface area contributed by atoms with Gasteiger partial charge in [-0.05, 0) is 37.8 Å². The number of nitrogens with zero attached hydrogens (tertiary/aromatic N) is 2. The lowest BCUT2D eigenvalue weighted by atomic mass is 9.94. The summed E-state index contributed by atoms with van der Waals surface area (Å²) in [6.45, 7) is 6.57. The van der Waals surface area contributed by atoms with Crippen molar-refractivity contribution in [2.75, 3.05) is 24.6 Å². The first-order chi connectivity index (χ1) is 9.24. The van der Waals surface area contributed by atoms with Gasteiger partial charge in [0, 0.05) is 19.3 Å². The molecule has 0 aliphatic carbocycles. The molecule has 0 bridgehead atoms. The van der Waals surface area contributed by atoms with Crippen LogP contribution < -0.4 is 4.90 Å². The van der Waals surface area contributed by atoms with Crippen molar-refractivity contribution < 1.29 is 9.53 Å². The molecule has 2 rings (SSSR count). The lowest BCUT2D eigenvalue weighted by Crippen LogP contribution is -2.34. The Hall–Kier alpha value is -1.58. The second kappa shape index (κ2) is 6.55. The van der Waals surface area contributed by atoms with Crippen molar-refractivity contribution in [2.45, 2.75) is 33.1 Å². The number of esters is 1. The van der Waals surface area contributed by atoms with Crippen molar-refractivity contribution in [3.05, 3.63) is 23.9 Å². The molecule has 0 unspecified atom stereocenters. The molecule has 0 atom stereocenters. The molecule has 4 heteroatoms. The fourth-order valence-corrected chi connectivity index (χ4v) is 2.48. The molecule has 0 aromatic carbocycles. The Bertz CT molecular complexity index is 409. The van der Waals surface area contributed by atoms with Crippen LogP contribution in [0.3, 0.4) is 0 Å². The van der Waals surface area contributed by atoms with E-state index >= 15 is 0 Å².